The van der Waals surface area contributed by atoms with Gasteiger partial charge in [0.05, 0.1) is 4.92 Å². The molecule has 0 atom stereocenters. The summed E-state index contributed by atoms with van der Waals surface area (Å²) >= 11 is 0. The van der Waals surface area contributed by atoms with Crippen molar-refractivity contribution in [1.82, 2.24) is 5.32 Å². The van der Waals surface area contributed by atoms with E-state index in [1.165, 1.54) is 12.1 Å². The molecule has 0 aliphatic rings. The molecule has 92 valence electrons. The van der Waals surface area contributed by atoms with Gasteiger partial charge in [0.1, 0.15) is 5.69 Å². The SMILES string of the molecule is CN(C)c1c(CNC(=O)O)cccc1[N+](=O)[O-]. The fourth-order valence-corrected chi connectivity index (χ4v) is 1.55. The van der Waals surface area contributed by atoms with Crippen LogP contribution in [0.5, 0.6) is 0 Å². The van der Waals surface area contributed by atoms with Gasteiger partial charge in [-0.1, -0.05) is 12.1 Å². The standard InChI is InChI=1S/C10H13N3O4/c1-12(2)9-7(6-11-10(14)15)4-3-5-8(9)13(16)17/h3-5,11H,6H2,1-2H3,(H,14,15). The minimum absolute atomic E-state index is 0.0323. The Labute approximate surface area is 97.8 Å². The van der Waals surface area contributed by atoms with Crippen LogP contribution in [0.3, 0.4) is 0 Å². The molecule has 17 heavy (non-hydrogen) atoms. The zero-order valence-corrected chi connectivity index (χ0v) is 9.51. The maximum Gasteiger partial charge on any atom is 0.404 e. The molecule has 0 fully saturated rings. The number of nitro benzene ring substituents is 1. The molecule has 0 aromatic heterocycles. The molecule has 7 nitrogen and oxygen atoms in total. The Morgan fingerprint density at radius 2 is 2.18 bits per heavy atom. The first kappa shape index (κ1) is 12.8. The van der Waals surface area contributed by atoms with Crippen molar-refractivity contribution in [3.05, 3.63) is 33.9 Å². The molecule has 0 radical (unpaired) electrons. The van der Waals surface area contributed by atoms with Crippen LogP contribution in [0.4, 0.5) is 16.2 Å². The lowest BCUT2D eigenvalue weighted by Crippen LogP contribution is -2.22. The lowest BCUT2D eigenvalue weighted by Gasteiger charge is -2.17. The molecule has 1 aromatic rings. The number of anilines is 1. The molecule has 0 saturated carbocycles. The number of hydrogen-bond donors (Lipinski definition) is 2. The predicted molar refractivity (Wildman–Crippen MR) is 62.3 cm³/mol. The highest BCUT2D eigenvalue weighted by atomic mass is 16.6. The second-order valence-electron chi connectivity index (χ2n) is 3.60. The van der Waals surface area contributed by atoms with E-state index in [-0.39, 0.29) is 12.2 Å². The molecule has 0 aliphatic carbocycles. The highest BCUT2D eigenvalue weighted by molar-refractivity contribution is 5.69. The minimum Gasteiger partial charge on any atom is -0.465 e. The van der Waals surface area contributed by atoms with E-state index in [0.717, 1.165) is 0 Å². The number of rotatable bonds is 4. The van der Waals surface area contributed by atoms with Gasteiger partial charge in [0.25, 0.3) is 5.69 Å². The van der Waals surface area contributed by atoms with E-state index in [9.17, 15) is 14.9 Å². The van der Waals surface area contributed by atoms with Gasteiger partial charge in [-0.3, -0.25) is 10.1 Å². The molecular weight excluding hydrogens is 226 g/mol. The van der Waals surface area contributed by atoms with E-state index in [1.54, 1.807) is 25.1 Å². The first-order valence-corrected chi connectivity index (χ1v) is 4.84. The van der Waals surface area contributed by atoms with Crippen molar-refractivity contribution in [2.24, 2.45) is 0 Å². The van der Waals surface area contributed by atoms with E-state index >= 15 is 0 Å². The number of nitro groups is 1. The van der Waals surface area contributed by atoms with Crippen molar-refractivity contribution >= 4 is 17.5 Å². The van der Waals surface area contributed by atoms with Gasteiger partial charge in [0.15, 0.2) is 0 Å². The third-order valence-corrected chi connectivity index (χ3v) is 2.17. The molecule has 2 N–H and O–H groups in total. The Morgan fingerprint density at radius 1 is 1.53 bits per heavy atom. The van der Waals surface area contributed by atoms with E-state index in [2.05, 4.69) is 5.32 Å². The van der Waals surface area contributed by atoms with Gasteiger partial charge < -0.3 is 15.3 Å². The normalized spacial score (nSPS) is 9.76. The summed E-state index contributed by atoms with van der Waals surface area (Å²) in [6, 6.07) is 4.57. The molecule has 0 bridgehead atoms. The first-order chi connectivity index (χ1) is 7.93. The van der Waals surface area contributed by atoms with Gasteiger partial charge in [-0.15, -0.1) is 0 Å². The van der Waals surface area contributed by atoms with Crippen LogP contribution < -0.4 is 10.2 Å². The van der Waals surface area contributed by atoms with E-state index in [0.29, 0.717) is 11.3 Å². The van der Waals surface area contributed by atoms with Crippen LogP contribution in [0, 0.1) is 10.1 Å². The first-order valence-electron chi connectivity index (χ1n) is 4.84. The van der Waals surface area contributed by atoms with Crippen LogP contribution in [-0.4, -0.2) is 30.2 Å². The smallest absolute Gasteiger partial charge is 0.404 e. The van der Waals surface area contributed by atoms with Crippen molar-refractivity contribution in [1.29, 1.82) is 0 Å². The number of hydrogen-bond acceptors (Lipinski definition) is 4. The number of benzene rings is 1. The predicted octanol–water partition coefficient (Wildman–Crippen LogP) is 1.43. The zero-order valence-electron chi connectivity index (χ0n) is 9.51. The van der Waals surface area contributed by atoms with Gasteiger partial charge in [0, 0.05) is 32.3 Å². The number of carbonyl (C=O) groups is 1. The van der Waals surface area contributed by atoms with Crippen molar-refractivity contribution in [2.45, 2.75) is 6.54 Å². The molecule has 0 saturated heterocycles. The van der Waals surface area contributed by atoms with Crippen molar-refractivity contribution < 1.29 is 14.8 Å². The third-order valence-electron chi connectivity index (χ3n) is 2.17. The Balaban J connectivity index is 3.15. The molecule has 0 spiro atoms. The fraction of sp³-hybridized carbons (Fsp3) is 0.300. The Morgan fingerprint density at radius 3 is 2.65 bits per heavy atom. The molecule has 0 heterocycles. The summed E-state index contributed by atoms with van der Waals surface area (Å²) in [5.41, 5.74) is 0.928. The molecule has 1 amide bonds. The minimum atomic E-state index is -1.17. The summed E-state index contributed by atoms with van der Waals surface area (Å²) < 4.78 is 0. The largest absolute Gasteiger partial charge is 0.465 e. The zero-order chi connectivity index (χ0) is 13.0. The summed E-state index contributed by atoms with van der Waals surface area (Å²) in [7, 11) is 3.35. The highest BCUT2D eigenvalue weighted by Gasteiger charge is 2.19. The monoisotopic (exact) mass is 239 g/mol. The van der Waals surface area contributed by atoms with Gasteiger partial charge >= 0.3 is 6.09 Å². The fourth-order valence-electron chi connectivity index (χ4n) is 1.55. The van der Waals surface area contributed by atoms with Crippen LogP contribution in [0.1, 0.15) is 5.56 Å². The molecule has 1 aromatic carbocycles. The summed E-state index contributed by atoms with van der Waals surface area (Å²) in [5.74, 6) is 0. The van der Waals surface area contributed by atoms with Crippen LogP contribution in [0.15, 0.2) is 18.2 Å². The average molecular weight is 239 g/mol. The summed E-state index contributed by atoms with van der Waals surface area (Å²) in [6.07, 6.45) is -1.17. The Bertz CT molecular complexity index is 445. The van der Waals surface area contributed by atoms with E-state index < -0.39 is 11.0 Å². The quantitative estimate of drug-likeness (QED) is 0.612. The number of carboxylic acid groups (broad SMARTS) is 1. The summed E-state index contributed by atoms with van der Waals surface area (Å²) in [5, 5.41) is 21.6. The van der Waals surface area contributed by atoms with Crippen LogP contribution in [0.25, 0.3) is 0 Å². The lowest BCUT2D eigenvalue weighted by atomic mass is 10.1. The highest BCUT2D eigenvalue weighted by Crippen LogP contribution is 2.30. The van der Waals surface area contributed by atoms with Crippen molar-refractivity contribution in [3.8, 4) is 0 Å². The topological polar surface area (TPSA) is 95.7 Å². The van der Waals surface area contributed by atoms with Gasteiger partial charge in [-0.2, -0.15) is 0 Å². The van der Waals surface area contributed by atoms with Crippen LogP contribution >= 0.6 is 0 Å². The van der Waals surface area contributed by atoms with Gasteiger partial charge in [-0.25, -0.2) is 4.79 Å². The number of amides is 1. The van der Waals surface area contributed by atoms with Crippen molar-refractivity contribution in [2.75, 3.05) is 19.0 Å². The van der Waals surface area contributed by atoms with Crippen molar-refractivity contribution in [3.63, 3.8) is 0 Å². The van der Waals surface area contributed by atoms with E-state index in [1.807, 2.05) is 0 Å². The van der Waals surface area contributed by atoms with E-state index in [4.69, 9.17) is 5.11 Å². The second-order valence-corrected chi connectivity index (χ2v) is 3.60. The molecular formula is C10H13N3O4. The summed E-state index contributed by atoms with van der Waals surface area (Å²) in [4.78, 5) is 22.4. The van der Waals surface area contributed by atoms with Crippen LogP contribution in [0.2, 0.25) is 0 Å². The summed E-state index contributed by atoms with van der Waals surface area (Å²) in [6.45, 7) is 0.0323. The molecule has 7 heteroatoms. The van der Waals surface area contributed by atoms with Gasteiger partial charge in [0.2, 0.25) is 0 Å². The van der Waals surface area contributed by atoms with Gasteiger partial charge in [-0.05, 0) is 0 Å². The third kappa shape index (κ3) is 3.07. The number of para-hydroxylation sites is 1. The Hall–Kier alpha value is -2.31. The molecule has 0 unspecified atom stereocenters. The second kappa shape index (κ2) is 5.15. The number of nitrogens with one attached hydrogen (secondary N) is 1. The molecule has 0 aliphatic heterocycles. The van der Waals surface area contributed by atoms with Crippen LogP contribution in [-0.2, 0) is 6.54 Å². The lowest BCUT2D eigenvalue weighted by molar-refractivity contribution is -0.384. The maximum atomic E-state index is 10.9. The molecule has 1 rings (SSSR count). The Kier molecular flexibility index (Phi) is 3.86. The number of nitrogens with zero attached hydrogens (tertiary/aromatic N) is 2. The average Bonchev–Trinajstić information content (AvgIpc) is 2.25. The maximum absolute atomic E-state index is 10.9.